The lowest BCUT2D eigenvalue weighted by molar-refractivity contribution is 0.476. The molecule has 78 valence electrons. The second-order valence-corrected chi connectivity index (χ2v) is 3.28. The summed E-state index contributed by atoms with van der Waals surface area (Å²) in [4.78, 5) is 4.18. The van der Waals surface area contributed by atoms with E-state index in [1.165, 1.54) is 0 Å². The molecule has 0 unspecified atom stereocenters. The van der Waals surface area contributed by atoms with E-state index in [1.54, 1.807) is 18.3 Å². The summed E-state index contributed by atoms with van der Waals surface area (Å²) in [5.41, 5.74) is 7.19. The number of nitrogens with two attached hydrogens (primary N) is 1. The highest BCUT2D eigenvalue weighted by Crippen LogP contribution is 2.24. The molecule has 4 nitrogen and oxygen atoms in total. The van der Waals surface area contributed by atoms with Crippen LogP contribution in [-0.4, -0.2) is 23.2 Å². The maximum atomic E-state index is 9.32. The summed E-state index contributed by atoms with van der Waals surface area (Å²) in [7, 11) is 0. The highest BCUT2D eigenvalue weighted by Gasteiger charge is 2.01. The zero-order chi connectivity index (χ0) is 10.7. The van der Waals surface area contributed by atoms with Gasteiger partial charge in [-0.05, 0) is 18.2 Å². The minimum absolute atomic E-state index is 0.228. The van der Waals surface area contributed by atoms with E-state index in [0.29, 0.717) is 6.54 Å². The first kappa shape index (κ1) is 9.73. The van der Waals surface area contributed by atoms with Gasteiger partial charge in [-0.1, -0.05) is 0 Å². The topological polar surface area (TPSA) is 71.2 Å². The van der Waals surface area contributed by atoms with Crippen LogP contribution in [-0.2, 0) is 0 Å². The minimum atomic E-state index is 0.228. The number of nitrogens with one attached hydrogen (secondary N) is 1. The number of phenolic OH excluding ortho intramolecular Hbond substituents is 1. The van der Waals surface area contributed by atoms with Crippen molar-refractivity contribution in [2.75, 3.05) is 18.4 Å². The molecule has 2 rings (SSSR count). The van der Waals surface area contributed by atoms with Crippen LogP contribution in [0.15, 0.2) is 30.5 Å². The Morgan fingerprint density at radius 3 is 3.00 bits per heavy atom. The van der Waals surface area contributed by atoms with Crippen LogP contribution in [0.25, 0.3) is 10.9 Å². The average molecular weight is 203 g/mol. The molecule has 15 heavy (non-hydrogen) atoms. The first-order valence-corrected chi connectivity index (χ1v) is 4.83. The third-order valence-electron chi connectivity index (χ3n) is 2.19. The van der Waals surface area contributed by atoms with Crippen molar-refractivity contribution in [3.05, 3.63) is 30.5 Å². The van der Waals surface area contributed by atoms with Crippen LogP contribution < -0.4 is 11.1 Å². The van der Waals surface area contributed by atoms with Crippen LogP contribution in [0, 0.1) is 0 Å². The Balaban J connectivity index is 2.46. The highest BCUT2D eigenvalue weighted by atomic mass is 16.3. The summed E-state index contributed by atoms with van der Waals surface area (Å²) < 4.78 is 0. The van der Waals surface area contributed by atoms with Gasteiger partial charge in [0.25, 0.3) is 0 Å². The second-order valence-electron chi connectivity index (χ2n) is 3.28. The third kappa shape index (κ3) is 1.99. The van der Waals surface area contributed by atoms with Crippen LogP contribution in [0.2, 0.25) is 0 Å². The lowest BCUT2D eigenvalue weighted by atomic mass is 10.2. The number of benzene rings is 1. The average Bonchev–Trinajstić information content (AvgIpc) is 2.25. The zero-order valence-corrected chi connectivity index (χ0v) is 8.27. The molecule has 0 aliphatic rings. The molecule has 0 spiro atoms. The molecule has 0 radical (unpaired) electrons. The molecule has 0 atom stereocenters. The summed E-state index contributed by atoms with van der Waals surface area (Å²) in [5.74, 6) is 0.228. The number of pyridine rings is 1. The van der Waals surface area contributed by atoms with Crippen molar-refractivity contribution in [1.29, 1.82) is 0 Å². The lowest BCUT2D eigenvalue weighted by Gasteiger charge is -2.07. The van der Waals surface area contributed by atoms with Crippen molar-refractivity contribution in [3.63, 3.8) is 0 Å². The summed E-state index contributed by atoms with van der Waals surface area (Å²) in [6.07, 6.45) is 1.71. The standard InChI is InChI=1S/C11H13N3O/c12-4-6-14-10-3-5-13-11-7-8(15)1-2-9(10)11/h1-3,5,7,15H,4,6,12H2,(H,13,14). The molecule has 0 bridgehead atoms. The summed E-state index contributed by atoms with van der Waals surface area (Å²) >= 11 is 0. The molecule has 4 N–H and O–H groups in total. The van der Waals surface area contributed by atoms with Crippen molar-refractivity contribution in [2.45, 2.75) is 0 Å². The second kappa shape index (κ2) is 4.14. The molecule has 1 heterocycles. The largest absolute Gasteiger partial charge is 0.508 e. The van der Waals surface area contributed by atoms with Gasteiger partial charge < -0.3 is 16.2 Å². The van der Waals surface area contributed by atoms with Gasteiger partial charge in [0.05, 0.1) is 5.52 Å². The first-order valence-electron chi connectivity index (χ1n) is 4.83. The molecule has 2 aromatic rings. The Morgan fingerprint density at radius 2 is 2.20 bits per heavy atom. The molecule has 0 aliphatic carbocycles. The van der Waals surface area contributed by atoms with Crippen molar-refractivity contribution in [3.8, 4) is 5.75 Å². The van der Waals surface area contributed by atoms with Crippen molar-refractivity contribution >= 4 is 16.6 Å². The number of phenols is 1. The molecule has 0 fully saturated rings. The fraction of sp³-hybridized carbons (Fsp3) is 0.182. The van der Waals surface area contributed by atoms with Crippen LogP contribution in [0.5, 0.6) is 5.75 Å². The van der Waals surface area contributed by atoms with Gasteiger partial charge in [-0.15, -0.1) is 0 Å². The lowest BCUT2D eigenvalue weighted by Crippen LogP contribution is -2.13. The minimum Gasteiger partial charge on any atom is -0.508 e. The van der Waals surface area contributed by atoms with Gasteiger partial charge in [0.15, 0.2) is 0 Å². The molecular formula is C11H13N3O. The first-order chi connectivity index (χ1) is 7.31. The number of rotatable bonds is 3. The number of hydrogen-bond donors (Lipinski definition) is 3. The van der Waals surface area contributed by atoms with Gasteiger partial charge in [0.1, 0.15) is 5.75 Å². The maximum absolute atomic E-state index is 9.32. The van der Waals surface area contributed by atoms with Gasteiger partial charge in [-0.25, -0.2) is 0 Å². The summed E-state index contributed by atoms with van der Waals surface area (Å²) in [5, 5.41) is 13.5. The Bertz CT molecular complexity index is 470. The molecule has 4 heteroatoms. The smallest absolute Gasteiger partial charge is 0.117 e. The van der Waals surface area contributed by atoms with Gasteiger partial charge in [-0.3, -0.25) is 4.98 Å². The van der Waals surface area contributed by atoms with Crippen molar-refractivity contribution < 1.29 is 5.11 Å². The summed E-state index contributed by atoms with van der Waals surface area (Å²) in [6, 6.07) is 7.03. The summed E-state index contributed by atoms with van der Waals surface area (Å²) in [6.45, 7) is 1.31. The van der Waals surface area contributed by atoms with Gasteiger partial charge in [0.2, 0.25) is 0 Å². The monoisotopic (exact) mass is 203 g/mol. The van der Waals surface area contributed by atoms with Crippen LogP contribution in [0.4, 0.5) is 5.69 Å². The van der Waals surface area contributed by atoms with Gasteiger partial charge >= 0.3 is 0 Å². The van der Waals surface area contributed by atoms with E-state index >= 15 is 0 Å². The molecular weight excluding hydrogens is 190 g/mol. The predicted octanol–water partition coefficient (Wildman–Crippen LogP) is 1.31. The molecule has 0 amide bonds. The quantitative estimate of drug-likeness (QED) is 0.703. The van der Waals surface area contributed by atoms with Gasteiger partial charge in [-0.2, -0.15) is 0 Å². The normalized spacial score (nSPS) is 10.5. The molecule has 0 saturated heterocycles. The number of aromatic nitrogens is 1. The number of hydrogen-bond acceptors (Lipinski definition) is 4. The molecule has 1 aromatic carbocycles. The fourth-order valence-electron chi connectivity index (χ4n) is 1.50. The Hall–Kier alpha value is -1.81. The fourth-order valence-corrected chi connectivity index (χ4v) is 1.50. The number of nitrogens with zero attached hydrogens (tertiary/aromatic N) is 1. The Kier molecular flexibility index (Phi) is 2.69. The Morgan fingerprint density at radius 1 is 1.33 bits per heavy atom. The molecule has 1 aromatic heterocycles. The van der Waals surface area contributed by atoms with Crippen molar-refractivity contribution in [1.82, 2.24) is 4.98 Å². The Labute approximate surface area is 87.7 Å². The predicted molar refractivity (Wildman–Crippen MR) is 61.0 cm³/mol. The SMILES string of the molecule is NCCNc1ccnc2cc(O)ccc12. The maximum Gasteiger partial charge on any atom is 0.117 e. The molecule has 0 aliphatic heterocycles. The van der Waals surface area contributed by atoms with E-state index in [1.807, 2.05) is 12.1 Å². The van der Waals surface area contributed by atoms with Crippen LogP contribution in [0.3, 0.4) is 0 Å². The molecule has 0 saturated carbocycles. The van der Waals surface area contributed by atoms with E-state index in [9.17, 15) is 5.11 Å². The van der Waals surface area contributed by atoms with Gasteiger partial charge in [0, 0.05) is 36.4 Å². The van der Waals surface area contributed by atoms with E-state index in [4.69, 9.17) is 5.73 Å². The van der Waals surface area contributed by atoms with E-state index in [2.05, 4.69) is 10.3 Å². The van der Waals surface area contributed by atoms with Crippen LogP contribution >= 0.6 is 0 Å². The highest BCUT2D eigenvalue weighted by molar-refractivity contribution is 5.91. The van der Waals surface area contributed by atoms with E-state index in [0.717, 1.165) is 23.1 Å². The number of anilines is 1. The van der Waals surface area contributed by atoms with E-state index in [-0.39, 0.29) is 5.75 Å². The number of fused-ring (bicyclic) bond motifs is 1. The zero-order valence-electron chi connectivity index (χ0n) is 8.27. The van der Waals surface area contributed by atoms with Crippen LogP contribution in [0.1, 0.15) is 0 Å². The van der Waals surface area contributed by atoms with Crippen molar-refractivity contribution in [2.24, 2.45) is 5.73 Å². The third-order valence-corrected chi connectivity index (χ3v) is 2.19. The number of aromatic hydroxyl groups is 1. The van der Waals surface area contributed by atoms with E-state index < -0.39 is 0 Å².